The molecule has 2 aromatic carbocycles. The number of nitrogens with zero attached hydrogens (tertiary/aromatic N) is 3. The molecule has 0 unspecified atom stereocenters. The minimum absolute atomic E-state index is 0.307. The molecule has 0 aliphatic carbocycles. The van der Waals surface area contributed by atoms with E-state index in [0.29, 0.717) is 16.9 Å². The lowest BCUT2D eigenvalue weighted by Crippen LogP contribution is -2.05. The van der Waals surface area contributed by atoms with E-state index in [4.69, 9.17) is 10.3 Å². The van der Waals surface area contributed by atoms with E-state index in [0.717, 1.165) is 5.69 Å². The summed E-state index contributed by atoms with van der Waals surface area (Å²) in [6.07, 6.45) is 0. The summed E-state index contributed by atoms with van der Waals surface area (Å²) >= 11 is 0. The summed E-state index contributed by atoms with van der Waals surface area (Å²) in [4.78, 5) is 14.5. The molecule has 6 heteroatoms. The molecule has 0 aromatic heterocycles. The largest absolute Gasteiger partial charge is 0.465 e. The Morgan fingerprint density at radius 3 is 2.65 bits per heavy atom. The minimum atomic E-state index is -0.501. The second-order valence-electron chi connectivity index (χ2n) is 3.90. The van der Waals surface area contributed by atoms with Crippen molar-refractivity contribution in [2.24, 2.45) is 5.11 Å². The number of azide groups is 1. The van der Waals surface area contributed by atoms with Crippen LogP contribution in [0.5, 0.6) is 0 Å². The Bertz CT molecular complexity index is 664. The molecule has 0 bridgehead atoms. The van der Waals surface area contributed by atoms with Crippen molar-refractivity contribution in [3.8, 4) is 0 Å². The molecule has 1 N–H and O–H groups in total. The number of benzene rings is 2. The SMILES string of the molecule is COC(=O)c1cc(N=[N+]=[N-])ccc1Nc1ccccc1. The summed E-state index contributed by atoms with van der Waals surface area (Å²) < 4.78 is 4.73. The van der Waals surface area contributed by atoms with Crippen molar-refractivity contribution in [2.45, 2.75) is 0 Å². The van der Waals surface area contributed by atoms with Crippen LogP contribution >= 0.6 is 0 Å². The van der Waals surface area contributed by atoms with Gasteiger partial charge < -0.3 is 10.1 Å². The van der Waals surface area contributed by atoms with Crippen LogP contribution in [-0.4, -0.2) is 13.1 Å². The predicted molar refractivity (Wildman–Crippen MR) is 76.3 cm³/mol. The lowest BCUT2D eigenvalue weighted by Gasteiger charge is -2.11. The van der Waals surface area contributed by atoms with Crippen LogP contribution in [0.25, 0.3) is 10.4 Å². The van der Waals surface area contributed by atoms with Crippen molar-refractivity contribution in [2.75, 3.05) is 12.4 Å². The second-order valence-corrected chi connectivity index (χ2v) is 3.90. The summed E-state index contributed by atoms with van der Waals surface area (Å²) in [6.45, 7) is 0. The summed E-state index contributed by atoms with van der Waals surface area (Å²) in [6, 6.07) is 14.2. The van der Waals surface area contributed by atoms with Gasteiger partial charge in [-0.15, -0.1) is 0 Å². The third-order valence-corrected chi connectivity index (χ3v) is 2.62. The van der Waals surface area contributed by atoms with Crippen LogP contribution in [0.4, 0.5) is 17.1 Å². The van der Waals surface area contributed by atoms with Crippen molar-refractivity contribution in [3.05, 3.63) is 64.5 Å². The second kappa shape index (κ2) is 6.26. The van der Waals surface area contributed by atoms with Gasteiger partial charge >= 0.3 is 5.97 Å². The number of para-hydroxylation sites is 1. The van der Waals surface area contributed by atoms with Crippen LogP contribution in [0.1, 0.15) is 10.4 Å². The van der Waals surface area contributed by atoms with Gasteiger partial charge in [-0.1, -0.05) is 29.4 Å². The van der Waals surface area contributed by atoms with Crippen molar-refractivity contribution in [3.63, 3.8) is 0 Å². The van der Waals surface area contributed by atoms with Gasteiger partial charge in [0.05, 0.1) is 18.4 Å². The Morgan fingerprint density at radius 2 is 2.00 bits per heavy atom. The molecule has 0 radical (unpaired) electrons. The number of esters is 1. The number of ether oxygens (including phenoxy) is 1. The van der Waals surface area contributed by atoms with Crippen LogP contribution in [0.3, 0.4) is 0 Å². The highest BCUT2D eigenvalue weighted by atomic mass is 16.5. The molecule has 20 heavy (non-hydrogen) atoms. The molecule has 2 rings (SSSR count). The monoisotopic (exact) mass is 268 g/mol. The van der Waals surface area contributed by atoms with Crippen molar-refractivity contribution < 1.29 is 9.53 Å². The Balaban J connectivity index is 2.41. The summed E-state index contributed by atoms with van der Waals surface area (Å²) in [5.41, 5.74) is 10.5. The number of carbonyl (C=O) groups excluding carboxylic acids is 1. The van der Waals surface area contributed by atoms with Crippen LogP contribution in [0.2, 0.25) is 0 Å². The summed E-state index contributed by atoms with van der Waals surface area (Å²) in [5.74, 6) is -0.501. The van der Waals surface area contributed by atoms with Gasteiger partial charge in [-0.2, -0.15) is 0 Å². The first-order valence-corrected chi connectivity index (χ1v) is 5.84. The van der Waals surface area contributed by atoms with Gasteiger partial charge in [0.1, 0.15) is 0 Å². The number of methoxy groups -OCH3 is 1. The number of hydrogen-bond donors (Lipinski definition) is 1. The average molecular weight is 268 g/mol. The first-order chi connectivity index (χ1) is 9.74. The highest BCUT2D eigenvalue weighted by Crippen LogP contribution is 2.26. The molecular weight excluding hydrogens is 256 g/mol. The van der Waals surface area contributed by atoms with E-state index >= 15 is 0 Å². The zero-order valence-electron chi connectivity index (χ0n) is 10.8. The molecule has 0 fully saturated rings. The van der Waals surface area contributed by atoms with Gasteiger partial charge in [0.25, 0.3) is 0 Å². The topological polar surface area (TPSA) is 87.1 Å². The molecule has 0 aliphatic heterocycles. The van der Waals surface area contributed by atoms with E-state index in [9.17, 15) is 4.79 Å². The Kier molecular flexibility index (Phi) is 4.21. The zero-order chi connectivity index (χ0) is 14.4. The van der Waals surface area contributed by atoms with Gasteiger partial charge in [0, 0.05) is 16.3 Å². The van der Waals surface area contributed by atoms with E-state index in [1.165, 1.54) is 13.2 Å². The standard InChI is InChI=1S/C14H12N4O2/c1-20-14(19)12-9-11(17-18-15)7-8-13(12)16-10-5-3-2-4-6-10/h2-9,16H,1H3. The highest BCUT2D eigenvalue weighted by molar-refractivity contribution is 5.97. The van der Waals surface area contributed by atoms with Crippen molar-refractivity contribution in [1.29, 1.82) is 0 Å². The first-order valence-electron chi connectivity index (χ1n) is 5.84. The van der Waals surface area contributed by atoms with Crippen molar-refractivity contribution >= 4 is 23.0 Å². The van der Waals surface area contributed by atoms with Crippen LogP contribution < -0.4 is 5.32 Å². The zero-order valence-corrected chi connectivity index (χ0v) is 10.8. The Morgan fingerprint density at radius 1 is 1.25 bits per heavy atom. The van der Waals surface area contributed by atoms with E-state index in [-0.39, 0.29) is 0 Å². The van der Waals surface area contributed by atoms with Crippen LogP contribution in [0, 0.1) is 0 Å². The van der Waals surface area contributed by atoms with E-state index < -0.39 is 5.97 Å². The fourth-order valence-corrected chi connectivity index (χ4v) is 1.71. The van der Waals surface area contributed by atoms with Crippen LogP contribution in [0.15, 0.2) is 53.6 Å². The molecule has 6 nitrogen and oxygen atoms in total. The quantitative estimate of drug-likeness (QED) is 0.391. The number of nitrogens with one attached hydrogen (secondary N) is 1. The van der Waals surface area contributed by atoms with E-state index in [2.05, 4.69) is 15.3 Å². The maximum Gasteiger partial charge on any atom is 0.339 e. The minimum Gasteiger partial charge on any atom is -0.465 e. The Labute approximate surface area is 115 Å². The number of hydrogen-bond acceptors (Lipinski definition) is 4. The maximum atomic E-state index is 11.8. The normalized spacial score (nSPS) is 9.45. The van der Waals surface area contributed by atoms with Gasteiger partial charge in [-0.25, -0.2) is 4.79 Å². The average Bonchev–Trinajstić information content (AvgIpc) is 2.49. The lowest BCUT2D eigenvalue weighted by atomic mass is 10.1. The fraction of sp³-hybridized carbons (Fsp3) is 0.0714. The van der Waals surface area contributed by atoms with Gasteiger partial charge in [-0.3, -0.25) is 0 Å². The molecule has 0 heterocycles. The fourth-order valence-electron chi connectivity index (χ4n) is 1.71. The third-order valence-electron chi connectivity index (χ3n) is 2.62. The van der Waals surface area contributed by atoms with Gasteiger partial charge in [0.15, 0.2) is 0 Å². The summed E-state index contributed by atoms with van der Waals surface area (Å²) in [7, 11) is 1.30. The van der Waals surface area contributed by atoms with Crippen molar-refractivity contribution in [1.82, 2.24) is 0 Å². The highest BCUT2D eigenvalue weighted by Gasteiger charge is 2.12. The molecule has 0 amide bonds. The lowest BCUT2D eigenvalue weighted by molar-refractivity contribution is 0.0602. The molecule has 0 spiro atoms. The molecule has 0 saturated carbocycles. The first kappa shape index (κ1) is 13.5. The third kappa shape index (κ3) is 3.07. The predicted octanol–water partition coefficient (Wildman–Crippen LogP) is 4.16. The van der Waals surface area contributed by atoms with E-state index in [1.807, 2.05) is 30.3 Å². The smallest absolute Gasteiger partial charge is 0.339 e. The van der Waals surface area contributed by atoms with Crippen LogP contribution in [-0.2, 0) is 4.74 Å². The molecule has 2 aromatic rings. The van der Waals surface area contributed by atoms with Gasteiger partial charge in [0.2, 0.25) is 0 Å². The molecule has 0 aliphatic rings. The molecule has 100 valence electrons. The number of carbonyl (C=O) groups is 1. The number of anilines is 2. The van der Waals surface area contributed by atoms with Gasteiger partial charge in [-0.05, 0) is 29.8 Å². The summed E-state index contributed by atoms with van der Waals surface area (Å²) in [5, 5.41) is 6.60. The maximum absolute atomic E-state index is 11.8. The van der Waals surface area contributed by atoms with E-state index in [1.54, 1.807) is 12.1 Å². The molecular formula is C14H12N4O2. The molecule has 0 atom stereocenters. The number of rotatable bonds is 4. The molecule has 0 saturated heterocycles. The Hall–Kier alpha value is -2.98.